The van der Waals surface area contributed by atoms with E-state index in [2.05, 4.69) is 4.98 Å². The molecule has 0 unspecified atom stereocenters. The highest BCUT2D eigenvalue weighted by molar-refractivity contribution is 7.19. The summed E-state index contributed by atoms with van der Waals surface area (Å²) >= 11 is 2.71. The van der Waals surface area contributed by atoms with Gasteiger partial charge in [-0.05, 0) is 55.5 Å². The predicted octanol–water partition coefficient (Wildman–Crippen LogP) is 4.16. The molecule has 1 aliphatic carbocycles. The summed E-state index contributed by atoms with van der Waals surface area (Å²) in [5.74, 6) is 0.650. The Hall–Kier alpha value is -3.10. The molecule has 8 heteroatoms. The lowest BCUT2D eigenvalue weighted by Gasteiger charge is -2.09. The molecule has 5 nitrogen and oxygen atoms in total. The second-order valence-electron chi connectivity index (χ2n) is 7.55. The molecule has 0 saturated heterocycles. The zero-order valence-corrected chi connectivity index (χ0v) is 17.8. The smallest absolute Gasteiger partial charge is 0.282 e. The predicted molar refractivity (Wildman–Crippen MR) is 121 cm³/mol. The number of thiophene rings is 1. The fourth-order valence-corrected chi connectivity index (χ4v) is 6.54. The van der Waals surface area contributed by atoms with Crippen molar-refractivity contribution < 1.29 is 8.81 Å². The Bertz CT molecular complexity index is 1660. The fourth-order valence-electron chi connectivity index (χ4n) is 4.16. The molecule has 0 aliphatic heterocycles. The number of rotatable bonds is 2. The topological polar surface area (TPSA) is 64.6 Å². The van der Waals surface area contributed by atoms with Crippen LogP contribution in [0.25, 0.3) is 32.6 Å². The van der Waals surface area contributed by atoms with Gasteiger partial charge < -0.3 is 4.42 Å². The van der Waals surface area contributed by atoms with E-state index in [4.69, 9.17) is 4.42 Å². The summed E-state index contributed by atoms with van der Waals surface area (Å²) < 4.78 is 21.3. The van der Waals surface area contributed by atoms with Crippen molar-refractivity contribution in [1.29, 1.82) is 0 Å². The number of aryl methyl sites for hydroxylation is 2. The summed E-state index contributed by atoms with van der Waals surface area (Å²) in [6, 6.07) is 9.62. The number of fused-ring (bicyclic) bond motifs is 5. The summed E-state index contributed by atoms with van der Waals surface area (Å²) in [4.78, 5) is 32.4. The van der Waals surface area contributed by atoms with Crippen LogP contribution in [0.2, 0.25) is 0 Å². The van der Waals surface area contributed by atoms with Crippen LogP contribution in [0.15, 0.2) is 50.4 Å². The molecular weight excluding hydrogens is 435 g/mol. The van der Waals surface area contributed by atoms with E-state index in [0.29, 0.717) is 36.8 Å². The Morgan fingerprint density at radius 2 is 1.97 bits per heavy atom. The Morgan fingerprint density at radius 3 is 2.84 bits per heavy atom. The van der Waals surface area contributed by atoms with Crippen LogP contribution in [0.1, 0.15) is 29.0 Å². The molecule has 6 rings (SSSR count). The van der Waals surface area contributed by atoms with Gasteiger partial charge in [-0.2, -0.15) is 4.98 Å². The lowest BCUT2D eigenvalue weighted by molar-refractivity contribution is 0.569. The minimum absolute atomic E-state index is 0.209. The van der Waals surface area contributed by atoms with Crippen molar-refractivity contribution in [1.82, 2.24) is 9.38 Å². The van der Waals surface area contributed by atoms with Crippen LogP contribution in [-0.2, 0) is 12.8 Å². The molecule has 4 aromatic heterocycles. The molecule has 154 valence electrons. The van der Waals surface area contributed by atoms with Crippen LogP contribution >= 0.6 is 22.7 Å². The number of nitrogens with zero attached hydrogens (tertiary/aromatic N) is 2. The van der Waals surface area contributed by atoms with Gasteiger partial charge in [0, 0.05) is 16.5 Å². The van der Waals surface area contributed by atoms with E-state index in [9.17, 15) is 14.0 Å². The fraction of sp³-hybridized carbons (Fsp3) is 0.174. The van der Waals surface area contributed by atoms with Crippen molar-refractivity contribution in [2.45, 2.75) is 25.7 Å². The van der Waals surface area contributed by atoms with Gasteiger partial charge in [-0.1, -0.05) is 23.5 Å². The van der Waals surface area contributed by atoms with Gasteiger partial charge >= 0.3 is 0 Å². The second kappa shape index (κ2) is 6.96. The molecule has 0 radical (unpaired) electrons. The van der Waals surface area contributed by atoms with Gasteiger partial charge in [-0.3, -0.25) is 9.59 Å². The first kappa shape index (κ1) is 18.7. The largest absolute Gasteiger partial charge is 0.457 e. The average Bonchev–Trinajstić information content (AvgIpc) is 3.45. The Kier molecular flexibility index (Phi) is 4.19. The summed E-state index contributed by atoms with van der Waals surface area (Å²) in [5, 5.41) is 0.602. The molecule has 0 saturated carbocycles. The van der Waals surface area contributed by atoms with E-state index < -0.39 is 0 Å². The van der Waals surface area contributed by atoms with Crippen LogP contribution in [0, 0.1) is 5.82 Å². The van der Waals surface area contributed by atoms with Crippen LogP contribution in [0.5, 0.6) is 0 Å². The van der Waals surface area contributed by atoms with Crippen LogP contribution in [0.4, 0.5) is 4.39 Å². The molecule has 0 bridgehead atoms. The Labute approximate surface area is 182 Å². The number of halogens is 1. The number of benzene rings is 1. The van der Waals surface area contributed by atoms with Crippen molar-refractivity contribution in [2.75, 3.05) is 0 Å². The van der Waals surface area contributed by atoms with Crippen LogP contribution in [0.3, 0.4) is 0 Å². The molecular formula is C23H15FN2O3S2. The molecule has 0 N–H and O–H groups in total. The molecule has 1 aliphatic rings. The maximum atomic E-state index is 13.5. The third-order valence-corrected chi connectivity index (χ3v) is 7.83. The van der Waals surface area contributed by atoms with Gasteiger partial charge in [0.05, 0.1) is 5.39 Å². The molecule has 5 aromatic rings. The zero-order valence-electron chi connectivity index (χ0n) is 16.2. The Morgan fingerprint density at radius 1 is 1.10 bits per heavy atom. The highest BCUT2D eigenvalue weighted by Gasteiger charge is 2.22. The standard InChI is InChI=1S/C23H15FN2O3S2/c24-13-5-3-4-12(10-13)16-9-8-14(29-16)11-18-21(28)26-22-19(20(27)25-23(26)31-18)15-6-1-2-7-17(15)30-22/h3-5,8-11H,1-2,6-7H2/b18-11-. The molecule has 0 amide bonds. The quantitative estimate of drug-likeness (QED) is 0.405. The number of thiazole rings is 1. The number of hydrogen-bond donors (Lipinski definition) is 0. The number of hydrogen-bond acceptors (Lipinski definition) is 6. The second-order valence-corrected chi connectivity index (χ2v) is 9.65. The first-order valence-electron chi connectivity index (χ1n) is 9.96. The van der Waals surface area contributed by atoms with Crippen molar-refractivity contribution >= 4 is 43.9 Å². The number of furan rings is 1. The van der Waals surface area contributed by atoms with E-state index in [-0.39, 0.29) is 16.9 Å². The lowest BCUT2D eigenvalue weighted by atomic mass is 9.97. The molecule has 31 heavy (non-hydrogen) atoms. The van der Waals surface area contributed by atoms with Gasteiger partial charge in [0.25, 0.3) is 11.1 Å². The van der Waals surface area contributed by atoms with Crippen molar-refractivity contribution in [3.05, 3.63) is 83.7 Å². The van der Waals surface area contributed by atoms with Crippen molar-refractivity contribution in [3.8, 4) is 11.3 Å². The van der Waals surface area contributed by atoms with Gasteiger partial charge in [-0.15, -0.1) is 11.3 Å². The maximum Gasteiger partial charge on any atom is 0.282 e. The summed E-state index contributed by atoms with van der Waals surface area (Å²) in [6.07, 6.45) is 5.62. The molecule has 0 spiro atoms. The van der Waals surface area contributed by atoms with Crippen LogP contribution < -0.4 is 15.7 Å². The van der Waals surface area contributed by atoms with E-state index in [1.807, 2.05) is 0 Å². The van der Waals surface area contributed by atoms with Crippen molar-refractivity contribution in [2.24, 2.45) is 0 Å². The summed E-state index contributed by atoms with van der Waals surface area (Å²) in [7, 11) is 0. The highest BCUT2D eigenvalue weighted by Crippen LogP contribution is 2.34. The Balaban J connectivity index is 1.53. The van der Waals surface area contributed by atoms with Crippen LogP contribution in [-0.4, -0.2) is 9.38 Å². The van der Waals surface area contributed by atoms with Gasteiger partial charge in [0.1, 0.15) is 26.7 Å². The average molecular weight is 451 g/mol. The highest BCUT2D eigenvalue weighted by atomic mass is 32.1. The maximum absolute atomic E-state index is 13.5. The molecule has 0 fully saturated rings. The third kappa shape index (κ3) is 2.97. The zero-order chi connectivity index (χ0) is 21.1. The first-order valence-corrected chi connectivity index (χ1v) is 11.6. The normalized spacial score (nSPS) is 14.5. The number of aromatic nitrogens is 2. The summed E-state index contributed by atoms with van der Waals surface area (Å²) in [6.45, 7) is 0. The van der Waals surface area contributed by atoms with Gasteiger partial charge in [-0.25, -0.2) is 8.79 Å². The SMILES string of the molecule is O=c1nc2s/c(=C\c3ccc(-c4cccc(F)c4)o3)c(=O)n2c2sc3c(c12)CCCC3. The van der Waals surface area contributed by atoms with E-state index in [1.165, 1.54) is 39.7 Å². The minimum Gasteiger partial charge on any atom is -0.457 e. The lowest BCUT2D eigenvalue weighted by Crippen LogP contribution is -2.24. The monoisotopic (exact) mass is 450 g/mol. The summed E-state index contributed by atoms with van der Waals surface area (Å²) in [5.41, 5.74) is 1.23. The van der Waals surface area contributed by atoms with E-state index in [0.717, 1.165) is 31.2 Å². The molecule has 1 aromatic carbocycles. The van der Waals surface area contributed by atoms with Gasteiger partial charge in [0.2, 0.25) is 4.96 Å². The third-order valence-electron chi connectivity index (χ3n) is 5.58. The van der Waals surface area contributed by atoms with Crippen molar-refractivity contribution in [3.63, 3.8) is 0 Å². The molecule has 4 heterocycles. The van der Waals surface area contributed by atoms with E-state index >= 15 is 0 Å². The van der Waals surface area contributed by atoms with E-state index in [1.54, 1.807) is 34.7 Å². The minimum atomic E-state index is -0.343. The molecule has 0 atom stereocenters. The van der Waals surface area contributed by atoms with Gasteiger partial charge in [0.15, 0.2) is 0 Å². The first-order chi connectivity index (χ1) is 15.1.